The van der Waals surface area contributed by atoms with Gasteiger partial charge in [0.25, 0.3) is 0 Å². The molecule has 10 heteroatoms. The number of H-pyrrole nitrogens is 1. The Kier molecular flexibility index (Phi) is 6.40. The van der Waals surface area contributed by atoms with Crippen LogP contribution in [0.1, 0.15) is 22.5 Å². The zero-order valence-corrected chi connectivity index (χ0v) is 18.3. The first-order valence-electron chi connectivity index (χ1n) is 9.62. The maximum Gasteiger partial charge on any atom is 0.431 e. The molecule has 0 spiro atoms. The summed E-state index contributed by atoms with van der Waals surface area (Å²) in [5, 5.41) is 5.50. The Morgan fingerprint density at radius 1 is 1.00 bits per heavy atom. The van der Waals surface area contributed by atoms with Crippen LogP contribution in [0.15, 0.2) is 65.6 Å². The molecule has 1 N–H and O–H groups in total. The van der Waals surface area contributed by atoms with Crippen molar-refractivity contribution in [2.45, 2.75) is 12.7 Å². The summed E-state index contributed by atoms with van der Waals surface area (Å²) in [6, 6.07) is 15.4. The molecule has 2 aromatic heterocycles. The molecular weight excluding hydrogens is 476 g/mol. The number of halogens is 5. The summed E-state index contributed by atoms with van der Waals surface area (Å²) in [6.45, 7) is 0.395. The van der Waals surface area contributed by atoms with Crippen LogP contribution in [0.2, 0.25) is 10.0 Å². The van der Waals surface area contributed by atoms with Crippen LogP contribution >= 0.6 is 23.2 Å². The van der Waals surface area contributed by atoms with Gasteiger partial charge in [-0.25, -0.2) is 4.79 Å². The SMILES string of the molecule is O=c1nc(C=Cc2cn(Cc3ccc(Cl)c(Cl)c3)nc2-c2ccccc2)cc(C(F)(F)F)[nH]1. The zero-order chi connectivity index (χ0) is 23.6. The highest BCUT2D eigenvalue weighted by molar-refractivity contribution is 6.42. The van der Waals surface area contributed by atoms with Gasteiger partial charge >= 0.3 is 11.9 Å². The molecule has 0 aliphatic carbocycles. The molecule has 0 atom stereocenters. The van der Waals surface area contributed by atoms with E-state index in [4.69, 9.17) is 23.2 Å². The van der Waals surface area contributed by atoms with E-state index in [9.17, 15) is 18.0 Å². The Hall–Kier alpha value is -3.36. The quantitative estimate of drug-likeness (QED) is 0.363. The molecule has 0 saturated carbocycles. The average Bonchev–Trinajstić information content (AvgIpc) is 3.17. The molecule has 33 heavy (non-hydrogen) atoms. The smallest absolute Gasteiger partial charge is 0.302 e. The van der Waals surface area contributed by atoms with E-state index in [0.717, 1.165) is 17.2 Å². The molecule has 4 aromatic rings. The highest BCUT2D eigenvalue weighted by atomic mass is 35.5. The molecule has 0 saturated heterocycles. The molecule has 168 valence electrons. The highest BCUT2D eigenvalue weighted by Gasteiger charge is 2.32. The van der Waals surface area contributed by atoms with Gasteiger partial charge in [0.1, 0.15) is 5.69 Å². The van der Waals surface area contributed by atoms with Crippen LogP contribution in [0.25, 0.3) is 23.4 Å². The molecule has 0 fully saturated rings. The van der Waals surface area contributed by atoms with Gasteiger partial charge in [0.05, 0.1) is 28.0 Å². The van der Waals surface area contributed by atoms with Gasteiger partial charge in [0, 0.05) is 17.3 Å². The Morgan fingerprint density at radius 2 is 1.76 bits per heavy atom. The first kappa shape index (κ1) is 22.8. The molecule has 2 heterocycles. The third-order valence-corrected chi connectivity index (χ3v) is 5.41. The molecule has 0 radical (unpaired) electrons. The number of nitrogens with zero attached hydrogens (tertiary/aromatic N) is 3. The third kappa shape index (κ3) is 5.53. The minimum atomic E-state index is -4.69. The van der Waals surface area contributed by atoms with Gasteiger partial charge < -0.3 is 4.98 Å². The predicted octanol–water partition coefficient (Wildman–Crippen LogP) is 6.18. The molecule has 0 unspecified atom stereocenters. The second-order valence-corrected chi connectivity index (χ2v) is 7.92. The lowest BCUT2D eigenvalue weighted by Crippen LogP contribution is -2.19. The van der Waals surface area contributed by atoms with Gasteiger partial charge in [-0.15, -0.1) is 0 Å². The van der Waals surface area contributed by atoms with Gasteiger partial charge in [0.15, 0.2) is 0 Å². The van der Waals surface area contributed by atoms with Crippen LogP contribution in [-0.4, -0.2) is 19.7 Å². The van der Waals surface area contributed by atoms with Crippen molar-refractivity contribution in [2.24, 2.45) is 0 Å². The number of benzene rings is 2. The van der Waals surface area contributed by atoms with E-state index in [2.05, 4.69) is 10.1 Å². The topological polar surface area (TPSA) is 63.6 Å². The molecule has 0 bridgehead atoms. The van der Waals surface area contributed by atoms with E-state index in [-0.39, 0.29) is 5.69 Å². The van der Waals surface area contributed by atoms with Gasteiger partial charge in [0.2, 0.25) is 0 Å². The van der Waals surface area contributed by atoms with E-state index in [0.29, 0.717) is 27.8 Å². The largest absolute Gasteiger partial charge is 0.431 e. The predicted molar refractivity (Wildman–Crippen MR) is 122 cm³/mol. The van der Waals surface area contributed by atoms with E-state index in [1.54, 1.807) is 34.1 Å². The summed E-state index contributed by atoms with van der Waals surface area (Å²) in [4.78, 5) is 16.9. The maximum absolute atomic E-state index is 13.0. The minimum Gasteiger partial charge on any atom is -0.302 e. The van der Waals surface area contributed by atoms with Crippen LogP contribution in [-0.2, 0) is 12.7 Å². The lowest BCUT2D eigenvalue weighted by molar-refractivity contribution is -0.141. The number of hydrogen-bond donors (Lipinski definition) is 1. The number of nitrogens with one attached hydrogen (secondary N) is 1. The maximum atomic E-state index is 13.0. The fraction of sp³-hybridized carbons (Fsp3) is 0.0870. The molecule has 0 amide bonds. The Labute approximate surface area is 196 Å². The Balaban J connectivity index is 1.72. The van der Waals surface area contributed by atoms with Gasteiger partial charge in [-0.3, -0.25) is 4.68 Å². The summed E-state index contributed by atoms with van der Waals surface area (Å²) in [6.07, 6.45) is -0.0240. The van der Waals surface area contributed by atoms with E-state index < -0.39 is 17.6 Å². The summed E-state index contributed by atoms with van der Waals surface area (Å²) < 4.78 is 40.7. The highest BCUT2D eigenvalue weighted by Crippen LogP contribution is 2.28. The summed E-state index contributed by atoms with van der Waals surface area (Å²) in [5.41, 5.74) is 0.573. The van der Waals surface area contributed by atoms with Crippen molar-refractivity contribution < 1.29 is 13.2 Å². The van der Waals surface area contributed by atoms with Crippen molar-refractivity contribution in [1.82, 2.24) is 19.7 Å². The summed E-state index contributed by atoms with van der Waals surface area (Å²) >= 11 is 12.1. The number of aromatic nitrogens is 4. The van der Waals surface area contributed by atoms with Crippen molar-refractivity contribution in [1.29, 1.82) is 0 Å². The van der Waals surface area contributed by atoms with Crippen molar-refractivity contribution in [3.63, 3.8) is 0 Å². The van der Waals surface area contributed by atoms with E-state index >= 15 is 0 Å². The first-order valence-corrected chi connectivity index (χ1v) is 10.4. The third-order valence-electron chi connectivity index (χ3n) is 4.67. The monoisotopic (exact) mass is 490 g/mol. The lowest BCUT2D eigenvalue weighted by Gasteiger charge is -2.05. The second-order valence-electron chi connectivity index (χ2n) is 7.10. The van der Waals surface area contributed by atoms with E-state index in [1.165, 1.54) is 6.08 Å². The lowest BCUT2D eigenvalue weighted by atomic mass is 10.1. The van der Waals surface area contributed by atoms with Crippen LogP contribution in [0.5, 0.6) is 0 Å². The zero-order valence-electron chi connectivity index (χ0n) is 16.8. The second kappa shape index (κ2) is 9.25. The number of hydrogen-bond acceptors (Lipinski definition) is 3. The summed E-state index contributed by atoms with van der Waals surface area (Å²) in [5.74, 6) is 0. The fourth-order valence-electron chi connectivity index (χ4n) is 3.18. The molecule has 4 rings (SSSR count). The Morgan fingerprint density at radius 3 is 2.45 bits per heavy atom. The molecule has 5 nitrogen and oxygen atoms in total. The average molecular weight is 491 g/mol. The van der Waals surface area contributed by atoms with Gasteiger partial charge in [-0.1, -0.05) is 59.6 Å². The number of alkyl halides is 3. The van der Waals surface area contributed by atoms with E-state index in [1.807, 2.05) is 36.4 Å². The van der Waals surface area contributed by atoms with Crippen molar-refractivity contribution in [3.05, 3.63) is 104 Å². The molecule has 0 aliphatic heterocycles. The van der Waals surface area contributed by atoms with Gasteiger partial charge in [-0.05, 0) is 35.9 Å². The van der Waals surface area contributed by atoms with Crippen LogP contribution in [0.4, 0.5) is 13.2 Å². The standard InChI is InChI=1S/C23H15Cl2F3N4O/c24-18-9-6-14(10-19(18)25)12-32-13-16(21(31-32)15-4-2-1-3-5-15)7-8-17-11-20(23(26,27)28)30-22(33)29-17/h1-11,13H,12H2,(H,29,30,33). The normalized spacial score (nSPS) is 11.9. The molecule has 2 aromatic carbocycles. The van der Waals surface area contributed by atoms with Crippen molar-refractivity contribution in [2.75, 3.05) is 0 Å². The van der Waals surface area contributed by atoms with Crippen LogP contribution < -0.4 is 5.69 Å². The molecule has 0 aliphatic rings. The van der Waals surface area contributed by atoms with Gasteiger partial charge in [-0.2, -0.15) is 23.3 Å². The number of aromatic amines is 1. The first-order chi connectivity index (χ1) is 15.7. The number of rotatable bonds is 5. The fourth-order valence-corrected chi connectivity index (χ4v) is 3.50. The van der Waals surface area contributed by atoms with Crippen LogP contribution in [0.3, 0.4) is 0 Å². The Bertz CT molecular complexity index is 1380. The minimum absolute atomic E-state index is 0.123. The summed E-state index contributed by atoms with van der Waals surface area (Å²) in [7, 11) is 0. The van der Waals surface area contributed by atoms with Crippen molar-refractivity contribution in [3.8, 4) is 11.3 Å². The molecular formula is C23H15Cl2F3N4O. The van der Waals surface area contributed by atoms with Crippen LogP contribution in [0, 0.1) is 0 Å². The van der Waals surface area contributed by atoms with Crippen molar-refractivity contribution >= 4 is 35.4 Å².